The molecule has 11 heteroatoms. The van der Waals surface area contributed by atoms with E-state index in [1.54, 1.807) is 47.7 Å². The van der Waals surface area contributed by atoms with Gasteiger partial charge in [-0.1, -0.05) is 23.1 Å². The van der Waals surface area contributed by atoms with Crippen molar-refractivity contribution >= 4 is 53.2 Å². The molecule has 5 rings (SSSR count). The van der Waals surface area contributed by atoms with Crippen LogP contribution in [0.5, 0.6) is 0 Å². The lowest BCUT2D eigenvalue weighted by atomic mass is 9.96. The predicted molar refractivity (Wildman–Crippen MR) is 128 cm³/mol. The average Bonchev–Trinajstić information content (AvgIpc) is 3.31. The molecular formula is C23H21BClFN6O2. The number of fused-ring (bicyclic) bond motifs is 1. The molecule has 2 radical (unpaired) electrons. The van der Waals surface area contributed by atoms with Crippen LogP contribution in [0.3, 0.4) is 0 Å². The van der Waals surface area contributed by atoms with Gasteiger partial charge in [-0.05, 0) is 37.0 Å². The summed E-state index contributed by atoms with van der Waals surface area (Å²) in [4.78, 5) is 26.7. The monoisotopic (exact) mass is 478 g/mol. The van der Waals surface area contributed by atoms with E-state index in [4.69, 9.17) is 24.3 Å². The lowest BCUT2D eigenvalue weighted by Gasteiger charge is -2.16. The predicted octanol–water partition coefficient (Wildman–Crippen LogP) is 3.33. The van der Waals surface area contributed by atoms with Crippen LogP contribution in [0.2, 0.25) is 5.02 Å². The van der Waals surface area contributed by atoms with Crippen LogP contribution in [0.25, 0.3) is 11.0 Å². The smallest absolute Gasteiger partial charge is 0.277 e. The van der Waals surface area contributed by atoms with Crippen molar-refractivity contribution in [2.45, 2.75) is 25.9 Å². The standard InChI is InChI=1S/C23H21BClFN6O2/c24-15-3-4-18(17(25)9-15)29-21-16(23(33)30-34-11-14-1-2-14)10-19-22(20(21)26)28-13-32(19)8-7-31-6-5-27-12-31/h3-6,9-10,12-14,29H,1-2,7-8,11H2,(H,30,33). The zero-order chi connectivity index (χ0) is 23.7. The first-order valence-electron chi connectivity index (χ1n) is 10.9. The summed E-state index contributed by atoms with van der Waals surface area (Å²) in [5, 5.41) is 3.24. The molecule has 0 atom stereocenters. The third kappa shape index (κ3) is 4.78. The molecule has 2 aromatic heterocycles. The van der Waals surface area contributed by atoms with E-state index in [9.17, 15) is 4.79 Å². The van der Waals surface area contributed by atoms with Crippen LogP contribution in [0, 0.1) is 11.7 Å². The number of benzene rings is 2. The van der Waals surface area contributed by atoms with Crippen LogP contribution < -0.4 is 16.3 Å². The molecule has 34 heavy (non-hydrogen) atoms. The maximum absolute atomic E-state index is 15.7. The second kappa shape index (κ2) is 9.48. The van der Waals surface area contributed by atoms with Gasteiger partial charge in [0.1, 0.15) is 13.4 Å². The molecule has 8 nitrogen and oxygen atoms in total. The van der Waals surface area contributed by atoms with Crippen LogP contribution in [-0.2, 0) is 17.9 Å². The van der Waals surface area contributed by atoms with Gasteiger partial charge in [0.05, 0.1) is 46.7 Å². The minimum Gasteiger partial charge on any atom is -0.351 e. The van der Waals surface area contributed by atoms with Gasteiger partial charge in [-0.25, -0.2) is 19.8 Å². The van der Waals surface area contributed by atoms with E-state index in [1.807, 2.05) is 10.8 Å². The van der Waals surface area contributed by atoms with E-state index >= 15 is 4.39 Å². The Morgan fingerprint density at radius 2 is 2.12 bits per heavy atom. The number of aryl methyl sites for hydroxylation is 2. The second-order valence-electron chi connectivity index (χ2n) is 8.27. The Morgan fingerprint density at radius 1 is 1.26 bits per heavy atom. The number of hydrogen-bond acceptors (Lipinski definition) is 5. The molecule has 172 valence electrons. The van der Waals surface area contributed by atoms with Gasteiger partial charge >= 0.3 is 0 Å². The van der Waals surface area contributed by atoms with Crippen molar-refractivity contribution in [3.8, 4) is 0 Å². The molecule has 0 bridgehead atoms. The van der Waals surface area contributed by atoms with E-state index in [-0.39, 0.29) is 16.8 Å². The van der Waals surface area contributed by atoms with E-state index in [0.717, 1.165) is 12.8 Å². The second-order valence-corrected chi connectivity index (χ2v) is 8.68. The van der Waals surface area contributed by atoms with Gasteiger partial charge < -0.3 is 14.5 Å². The first-order chi connectivity index (χ1) is 16.5. The van der Waals surface area contributed by atoms with Crippen molar-refractivity contribution in [3.63, 3.8) is 0 Å². The molecule has 4 aromatic rings. The topological polar surface area (TPSA) is 86.0 Å². The van der Waals surface area contributed by atoms with Crippen LogP contribution >= 0.6 is 11.6 Å². The SMILES string of the molecule is [B]c1ccc(Nc2c(C(=O)NOCC3CC3)cc3c(ncn3CCn3ccnc3)c2F)c(Cl)c1. The number of amides is 1. The number of carbonyl (C=O) groups excluding carboxylic acids is 1. The number of halogens is 2. The van der Waals surface area contributed by atoms with Gasteiger partial charge in [0.25, 0.3) is 5.91 Å². The minimum absolute atomic E-state index is 0.0495. The molecule has 0 saturated heterocycles. The summed E-state index contributed by atoms with van der Waals surface area (Å²) in [5.74, 6) is -0.785. The number of hydrogen-bond donors (Lipinski definition) is 2. The van der Waals surface area contributed by atoms with Gasteiger partial charge in [-0.2, -0.15) is 0 Å². The molecule has 1 amide bonds. The summed E-state index contributed by atoms with van der Waals surface area (Å²) in [6, 6.07) is 6.40. The number of aromatic nitrogens is 4. The summed E-state index contributed by atoms with van der Waals surface area (Å²) in [6.07, 6.45) is 8.94. The summed E-state index contributed by atoms with van der Waals surface area (Å²) in [7, 11) is 5.77. The number of hydroxylamine groups is 1. The number of imidazole rings is 2. The normalized spacial score (nSPS) is 13.4. The van der Waals surface area contributed by atoms with Gasteiger partial charge in [0, 0.05) is 25.5 Å². The molecule has 1 aliphatic rings. The Bertz CT molecular complexity index is 1340. The zero-order valence-electron chi connectivity index (χ0n) is 18.2. The quantitative estimate of drug-likeness (QED) is 0.285. The van der Waals surface area contributed by atoms with Crippen molar-refractivity contribution in [1.82, 2.24) is 24.6 Å². The maximum atomic E-state index is 15.7. The van der Waals surface area contributed by atoms with Crippen molar-refractivity contribution in [1.29, 1.82) is 0 Å². The number of nitrogens with one attached hydrogen (secondary N) is 2. The summed E-state index contributed by atoms with van der Waals surface area (Å²) >= 11 is 6.28. The van der Waals surface area contributed by atoms with Gasteiger partial charge in [-0.3, -0.25) is 9.63 Å². The summed E-state index contributed by atoms with van der Waals surface area (Å²) in [6.45, 7) is 1.55. The Hall–Kier alpha value is -3.37. The number of carbonyl (C=O) groups is 1. The largest absolute Gasteiger partial charge is 0.351 e. The Labute approximate surface area is 201 Å². The van der Waals surface area contributed by atoms with E-state index < -0.39 is 11.7 Å². The number of rotatable bonds is 9. The van der Waals surface area contributed by atoms with Crippen molar-refractivity contribution in [2.75, 3.05) is 11.9 Å². The lowest BCUT2D eigenvalue weighted by molar-refractivity contribution is 0.0271. The van der Waals surface area contributed by atoms with Gasteiger partial charge in [0.15, 0.2) is 5.82 Å². The number of anilines is 2. The van der Waals surface area contributed by atoms with E-state index in [2.05, 4.69) is 20.8 Å². The molecule has 1 fully saturated rings. The van der Waals surface area contributed by atoms with E-state index in [0.29, 0.717) is 47.3 Å². The molecular weight excluding hydrogens is 458 g/mol. The van der Waals surface area contributed by atoms with E-state index in [1.165, 1.54) is 0 Å². The first kappa shape index (κ1) is 22.4. The van der Waals surface area contributed by atoms with Crippen LogP contribution in [0.4, 0.5) is 15.8 Å². The Morgan fingerprint density at radius 3 is 2.85 bits per heavy atom. The number of nitrogens with zero attached hydrogens (tertiary/aromatic N) is 4. The zero-order valence-corrected chi connectivity index (χ0v) is 18.9. The van der Waals surface area contributed by atoms with Crippen LogP contribution in [-0.4, -0.2) is 39.5 Å². The Kier molecular flexibility index (Phi) is 6.25. The highest BCUT2D eigenvalue weighted by molar-refractivity contribution is 6.37. The third-order valence-electron chi connectivity index (χ3n) is 5.69. The van der Waals surface area contributed by atoms with Gasteiger partial charge in [0.2, 0.25) is 0 Å². The molecule has 1 saturated carbocycles. The molecule has 2 N–H and O–H groups in total. The average molecular weight is 479 g/mol. The fourth-order valence-electron chi connectivity index (χ4n) is 3.61. The third-order valence-corrected chi connectivity index (χ3v) is 6.01. The first-order valence-corrected chi connectivity index (χ1v) is 11.2. The molecule has 2 heterocycles. The minimum atomic E-state index is -0.667. The fraction of sp³-hybridized carbons (Fsp3) is 0.261. The molecule has 0 spiro atoms. The van der Waals surface area contributed by atoms with Crippen molar-refractivity contribution in [2.24, 2.45) is 5.92 Å². The van der Waals surface area contributed by atoms with Crippen molar-refractivity contribution in [3.05, 3.63) is 65.7 Å². The maximum Gasteiger partial charge on any atom is 0.277 e. The fourth-order valence-corrected chi connectivity index (χ4v) is 3.85. The molecule has 2 aromatic carbocycles. The van der Waals surface area contributed by atoms with Gasteiger partial charge in [-0.15, -0.1) is 0 Å². The van der Waals surface area contributed by atoms with Crippen LogP contribution in [0.15, 0.2) is 49.3 Å². The lowest BCUT2D eigenvalue weighted by Crippen LogP contribution is -2.26. The highest BCUT2D eigenvalue weighted by Crippen LogP contribution is 2.33. The molecule has 0 unspecified atom stereocenters. The summed E-state index contributed by atoms with van der Waals surface area (Å²) < 4.78 is 19.4. The highest BCUT2D eigenvalue weighted by atomic mass is 35.5. The molecule has 0 aliphatic heterocycles. The molecule has 1 aliphatic carbocycles. The van der Waals surface area contributed by atoms with Crippen molar-refractivity contribution < 1.29 is 14.0 Å². The summed E-state index contributed by atoms with van der Waals surface area (Å²) in [5.41, 5.74) is 3.95. The Balaban J connectivity index is 1.50. The van der Waals surface area contributed by atoms with Crippen LogP contribution in [0.1, 0.15) is 23.2 Å². The highest BCUT2D eigenvalue weighted by Gasteiger charge is 2.25.